The maximum absolute atomic E-state index is 9.60. The molecule has 6 N–H and O–H groups in total. The normalized spacial score (nSPS) is 14.5. The van der Waals surface area contributed by atoms with Gasteiger partial charge in [0.15, 0.2) is 0 Å². The summed E-state index contributed by atoms with van der Waals surface area (Å²) in [5.41, 5.74) is 5.24. The van der Waals surface area contributed by atoms with Crippen LogP contribution in [0.1, 0.15) is 25.7 Å². The molecule has 0 aliphatic heterocycles. The molecule has 0 aromatic carbocycles. The Morgan fingerprint density at radius 2 is 1.63 bits per heavy atom. The molecule has 6 heteroatoms. The molecule has 0 bridgehead atoms. The van der Waals surface area contributed by atoms with Crippen molar-refractivity contribution in [3.05, 3.63) is 0 Å². The molecule has 0 fully saturated rings. The predicted molar refractivity (Wildman–Crippen MR) is 77.2 cm³/mol. The zero-order valence-electron chi connectivity index (χ0n) is 12.1. The van der Waals surface area contributed by atoms with Crippen molar-refractivity contribution < 1.29 is 14.9 Å². The summed E-state index contributed by atoms with van der Waals surface area (Å²) in [4.78, 5) is 0. The number of nitrogens with one attached hydrogen (secondary N) is 2. The van der Waals surface area contributed by atoms with E-state index in [1.165, 1.54) is 19.3 Å². The Labute approximate surface area is 116 Å². The SMILES string of the molecule is CNCCCCCCNCC(O)COCC(O)CN. The molecule has 0 aromatic heterocycles. The summed E-state index contributed by atoms with van der Waals surface area (Å²) >= 11 is 0. The Balaban J connectivity index is 3.18. The highest BCUT2D eigenvalue weighted by Crippen LogP contribution is 1.97. The van der Waals surface area contributed by atoms with Crippen LogP contribution in [0.15, 0.2) is 0 Å². The van der Waals surface area contributed by atoms with Gasteiger partial charge in [0.25, 0.3) is 0 Å². The molecule has 0 spiro atoms. The third-order valence-corrected chi connectivity index (χ3v) is 2.80. The molecule has 0 radical (unpaired) electrons. The van der Waals surface area contributed by atoms with Crippen LogP contribution in [0.2, 0.25) is 0 Å². The van der Waals surface area contributed by atoms with E-state index in [1.54, 1.807) is 0 Å². The largest absolute Gasteiger partial charge is 0.389 e. The summed E-state index contributed by atoms with van der Waals surface area (Å²) in [6.07, 6.45) is 3.63. The minimum Gasteiger partial charge on any atom is -0.389 e. The molecule has 0 saturated heterocycles. The van der Waals surface area contributed by atoms with Crippen LogP contribution in [0.4, 0.5) is 0 Å². The topological polar surface area (TPSA) is 99.8 Å². The third-order valence-electron chi connectivity index (χ3n) is 2.80. The Kier molecular flexibility index (Phi) is 14.0. The first-order valence-corrected chi connectivity index (χ1v) is 7.20. The molecule has 116 valence electrons. The fourth-order valence-electron chi connectivity index (χ4n) is 1.64. The Hall–Kier alpha value is -0.240. The monoisotopic (exact) mass is 277 g/mol. The van der Waals surface area contributed by atoms with Crippen LogP contribution in [0.25, 0.3) is 0 Å². The van der Waals surface area contributed by atoms with Crippen molar-refractivity contribution in [2.45, 2.75) is 37.9 Å². The molecule has 6 nitrogen and oxygen atoms in total. The van der Waals surface area contributed by atoms with E-state index < -0.39 is 12.2 Å². The van der Waals surface area contributed by atoms with Crippen LogP contribution < -0.4 is 16.4 Å². The summed E-state index contributed by atoms with van der Waals surface area (Å²) in [5.74, 6) is 0. The smallest absolute Gasteiger partial charge is 0.0897 e. The molecule has 0 saturated carbocycles. The molecular formula is C13H31N3O3. The van der Waals surface area contributed by atoms with Gasteiger partial charge >= 0.3 is 0 Å². The number of aliphatic hydroxyl groups is 2. The number of ether oxygens (including phenoxy) is 1. The van der Waals surface area contributed by atoms with Crippen LogP contribution >= 0.6 is 0 Å². The lowest BCUT2D eigenvalue weighted by Crippen LogP contribution is -2.33. The van der Waals surface area contributed by atoms with Gasteiger partial charge in [0, 0.05) is 13.1 Å². The van der Waals surface area contributed by atoms with Crippen molar-refractivity contribution in [2.75, 3.05) is 46.4 Å². The maximum Gasteiger partial charge on any atom is 0.0897 e. The minimum atomic E-state index is -0.641. The molecule has 0 rings (SSSR count). The van der Waals surface area contributed by atoms with Gasteiger partial charge < -0.3 is 31.3 Å². The Bertz CT molecular complexity index is 185. The molecule has 2 unspecified atom stereocenters. The summed E-state index contributed by atoms with van der Waals surface area (Å²) in [5, 5.41) is 25.1. The molecule has 0 aliphatic rings. The minimum absolute atomic E-state index is 0.180. The van der Waals surface area contributed by atoms with E-state index in [2.05, 4.69) is 10.6 Å². The second-order valence-corrected chi connectivity index (χ2v) is 4.80. The predicted octanol–water partition coefficient (Wildman–Crippen LogP) is -0.947. The van der Waals surface area contributed by atoms with E-state index in [4.69, 9.17) is 15.6 Å². The number of unbranched alkanes of at least 4 members (excludes halogenated alkanes) is 3. The van der Waals surface area contributed by atoms with Crippen molar-refractivity contribution in [2.24, 2.45) is 5.73 Å². The second kappa shape index (κ2) is 14.2. The van der Waals surface area contributed by atoms with Gasteiger partial charge in [-0.1, -0.05) is 12.8 Å². The summed E-state index contributed by atoms with van der Waals surface area (Å²) in [6.45, 7) is 3.11. The molecule has 2 atom stereocenters. The van der Waals surface area contributed by atoms with Crippen molar-refractivity contribution in [1.29, 1.82) is 0 Å². The van der Waals surface area contributed by atoms with E-state index in [1.807, 2.05) is 7.05 Å². The maximum atomic E-state index is 9.60. The van der Waals surface area contributed by atoms with Crippen molar-refractivity contribution in [3.8, 4) is 0 Å². The number of hydrogen-bond donors (Lipinski definition) is 5. The van der Waals surface area contributed by atoms with Crippen molar-refractivity contribution in [1.82, 2.24) is 10.6 Å². The van der Waals surface area contributed by atoms with Gasteiger partial charge in [-0.05, 0) is 33.0 Å². The molecule has 0 heterocycles. The number of aliphatic hydroxyl groups excluding tert-OH is 2. The first-order valence-electron chi connectivity index (χ1n) is 7.20. The number of nitrogens with two attached hydrogens (primary N) is 1. The van der Waals surface area contributed by atoms with Crippen molar-refractivity contribution in [3.63, 3.8) is 0 Å². The second-order valence-electron chi connectivity index (χ2n) is 4.80. The van der Waals surface area contributed by atoms with E-state index in [-0.39, 0.29) is 19.8 Å². The van der Waals surface area contributed by atoms with Crippen LogP contribution in [-0.4, -0.2) is 68.9 Å². The highest BCUT2D eigenvalue weighted by Gasteiger charge is 2.06. The number of hydrogen-bond acceptors (Lipinski definition) is 6. The van der Waals surface area contributed by atoms with E-state index in [0.717, 1.165) is 19.5 Å². The van der Waals surface area contributed by atoms with Gasteiger partial charge in [0.1, 0.15) is 0 Å². The molecule has 0 aliphatic carbocycles. The fourth-order valence-corrected chi connectivity index (χ4v) is 1.64. The third kappa shape index (κ3) is 14.0. The van der Waals surface area contributed by atoms with Crippen LogP contribution in [0, 0.1) is 0 Å². The lowest BCUT2D eigenvalue weighted by atomic mass is 10.2. The quantitative estimate of drug-likeness (QED) is 0.263. The van der Waals surface area contributed by atoms with Crippen LogP contribution in [-0.2, 0) is 4.74 Å². The summed E-state index contributed by atoms with van der Waals surface area (Å²) < 4.78 is 5.14. The fraction of sp³-hybridized carbons (Fsp3) is 1.00. The standard InChI is InChI=1S/C13H31N3O3/c1-15-6-4-2-3-5-7-16-9-13(18)11-19-10-12(17)8-14/h12-13,15-18H,2-11,14H2,1H3. The van der Waals surface area contributed by atoms with Gasteiger partial charge in [-0.2, -0.15) is 0 Å². The zero-order chi connectivity index (χ0) is 14.3. The zero-order valence-corrected chi connectivity index (χ0v) is 12.1. The molecular weight excluding hydrogens is 246 g/mol. The average molecular weight is 277 g/mol. The van der Waals surface area contributed by atoms with Gasteiger partial charge in [-0.3, -0.25) is 0 Å². The highest BCUT2D eigenvalue weighted by atomic mass is 16.5. The average Bonchev–Trinajstić information content (AvgIpc) is 2.41. The lowest BCUT2D eigenvalue weighted by molar-refractivity contribution is -0.00403. The lowest BCUT2D eigenvalue weighted by Gasteiger charge is -2.14. The van der Waals surface area contributed by atoms with Crippen molar-refractivity contribution >= 4 is 0 Å². The summed E-state index contributed by atoms with van der Waals surface area (Å²) in [7, 11) is 1.97. The first-order chi connectivity index (χ1) is 9.20. The first kappa shape index (κ1) is 18.8. The highest BCUT2D eigenvalue weighted by molar-refractivity contribution is 4.60. The molecule has 19 heavy (non-hydrogen) atoms. The van der Waals surface area contributed by atoms with Gasteiger partial charge in [-0.25, -0.2) is 0 Å². The Morgan fingerprint density at radius 1 is 1.00 bits per heavy atom. The van der Waals surface area contributed by atoms with Gasteiger partial charge in [-0.15, -0.1) is 0 Å². The molecule has 0 aromatic rings. The molecule has 0 amide bonds. The van der Waals surface area contributed by atoms with E-state index in [0.29, 0.717) is 6.54 Å². The number of rotatable bonds is 14. The van der Waals surface area contributed by atoms with Gasteiger partial charge in [0.2, 0.25) is 0 Å². The summed E-state index contributed by atoms with van der Waals surface area (Å²) in [6, 6.07) is 0. The van der Waals surface area contributed by atoms with E-state index in [9.17, 15) is 5.11 Å². The van der Waals surface area contributed by atoms with E-state index >= 15 is 0 Å². The Morgan fingerprint density at radius 3 is 2.26 bits per heavy atom. The van der Waals surface area contributed by atoms with Crippen LogP contribution in [0.5, 0.6) is 0 Å². The van der Waals surface area contributed by atoms with Gasteiger partial charge in [0.05, 0.1) is 25.4 Å². The van der Waals surface area contributed by atoms with Crippen LogP contribution in [0.3, 0.4) is 0 Å².